The number of H-pyrrole nitrogens is 3. The molecule has 3 aliphatic heterocycles. The van der Waals surface area contributed by atoms with Crippen LogP contribution in [-0.4, -0.2) is 304 Å². The van der Waals surface area contributed by atoms with E-state index >= 15 is 38.4 Å². The molecule has 1 unspecified atom stereocenters. The monoisotopic (exact) mass is 1920 g/mol. The topological polar surface area (TPSA) is 641 Å². The summed E-state index contributed by atoms with van der Waals surface area (Å²) in [6, 6.07) is -2.65. The zero-order chi connectivity index (χ0) is 100. The van der Waals surface area contributed by atoms with Crippen molar-refractivity contribution in [1.29, 1.82) is 5.41 Å². The molecule has 9 rings (SSSR count). The van der Waals surface area contributed by atoms with Crippen molar-refractivity contribution < 1.29 is 91.7 Å². The lowest BCUT2D eigenvalue weighted by Crippen LogP contribution is -2.62. The standard InChI is InChI=1S/C93H130N24O19S/c1-11-13-26-71-84(128)105-63(25-19-35-99-93(96)97)81(125)111-70(80(124)102-46-76(95)121)47-137-48-77(122)104-67(38-54-30-32-58(119)33-31-54)88(132)113(8)52(6)79(123)108-69(42-75(94)120)90(134)116-36-20-28-72(116)85(129)107-65(41-57-45-98-49-103-57)82(126)109-66(37-50(3)4)91(135)117-51(5)29-34-73(117)86(130)106-64(39-55-43-100-61-23-17-15-21-59(55)61)83(127)112-78(53(7)118)87(131)110-68(40-56-44-101-62-24-18-16-22-60(56)62)89(133)115(10)74(27-14-12-2)92(136)114(71)9/h15-18,21-24,30-33,43-45,49-52,63-74,78,100-101,118-119H,7,11-14,19-20,25-29,34-42,46-48H2,1-6,8-10H3,(H2,94,120)(H2,95,121)(H,98,103)(H,102,124)(H,104,122)(H,105,128)(H,106,130)(H,107,129)(H,108,123)(H,109,126)(H,110,131)(H,111,125)(H,112,127)(H4,96,97,99)/t51-,52-,63-,64-,65-,66-,67-,68-,69-,70?,71-,72-,73-,74-,78-/m0/s1. The van der Waals surface area contributed by atoms with Crippen molar-refractivity contribution in [3.8, 4) is 5.75 Å². The maximum Gasteiger partial charge on any atom is 0.251 e. The van der Waals surface area contributed by atoms with Gasteiger partial charge in [-0.15, -0.1) is 11.8 Å². The molecule has 3 aromatic heterocycles. The van der Waals surface area contributed by atoms with Gasteiger partial charge in [0.25, 0.3) is 5.91 Å². The van der Waals surface area contributed by atoms with Crippen molar-refractivity contribution in [2.45, 2.75) is 248 Å². The molecule has 44 heteroatoms. The fourth-order valence-electron chi connectivity index (χ4n) is 17.1. The number of benzene rings is 3. The number of aromatic nitrogens is 4. The lowest BCUT2D eigenvalue weighted by atomic mass is 9.99. The number of unbranched alkanes of at least 4 members (excludes halogenated alkanes) is 2. The van der Waals surface area contributed by atoms with Crippen LogP contribution in [0.2, 0.25) is 0 Å². The molecule has 0 radical (unpaired) electrons. The highest BCUT2D eigenvalue weighted by Crippen LogP contribution is 2.30. The number of carbonyl (C=O) groups excluding carboxylic acids is 17. The van der Waals surface area contributed by atoms with E-state index in [9.17, 15) is 53.4 Å². The van der Waals surface area contributed by atoms with E-state index in [1.165, 1.54) is 69.8 Å². The van der Waals surface area contributed by atoms with Crippen molar-refractivity contribution >= 4 is 140 Å². The van der Waals surface area contributed by atoms with Gasteiger partial charge in [-0.1, -0.05) is 108 Å². The maximum absolute atomic E-state index is 15.8. The summed E-state index contributed by atoms with van der Waals surface area (Å²) in [6.45, 7) is 13.1. The smallest absolute Gasteiger partial charge is 0.251 e. The second-order valence-electron chi connectivity index (χ2n) is 35.5. The molecule has 6 aromatic rings. The molecule has 0 aliphatic carbocycles. The molecule has 3 aromatic carbocycles. The first-order chi connectivity index (χ1) is 65.2. The first kappa shape index (κ1) is 107. The second kappa shape index (κ2) is 50.5. The summed E-state index contributed by atoms with van der Waals surface area (Å²) >= 11 is 0.763. The molecule has 0 spiro atoms. The number of primary amides is 2. The number of hydrogen-bond donors (Lipinski definition) is 20. The number of carbonyl (C=O) groups is 17. The number of nitrogens with one attached hydrogen (secondary N) is 15. The Hall–Kier alpha value is -14.1. The number of para-hydroxylation sites is 2. The quantitative estimate of drug-likeness (QED) is 0.0142. The maximum atomic E-state index is 15.8. The van der Waals surface area contributed by atoms with E-state index in [1.54, 1.807) is 81.7 Å². The molecule has 0 saturated carbocycles. The number of rotatable bonds is 26. The van der Waals surface area contributed by atoms with E-state index in [4.69, 9.17) is 22.6 Å². The third-order valence-corrected chi connectivity index (χ3v) is 25.8. The molecule has 742 valence electrons. The van der Waals surface area contributed by atoms with Crippen molar-refractivity contribution in [2.24, 2.45) is 23.1 Å². The van der Waals surface area contributed by atoms with Crippen molar-refractivity contribution in [2.75, 3.05) is 52.3 Å². The van der Waals surface area contributed by atoms with Crippen LogP contribution in [0.3, 0.4) is 0 Å². The van der Waals surface area contributed by atoms with Gasteiger partial charge in [-0.05, 0) is 119 Å². The summed E-state index contributed by atoms with van der Waals surface area (Å²) in [5.41, 5.74) is 19.9. The van der Waals surface area contributed by atoms with Gasteiger partial charge in [-0.25, -0.2) is 4.98 Å². The van der Waals surface area contributed by atoms with Crippen LogP contribution in [0.1, 0.15) is 154 Å². The fourth-order valence-corrected chi connectivity index (χ4v) is 18.0. The molecule has 0 bridgehead atoms. The van der Waals surface area contributed by atoms with E-state index in [0.29, 0.717) is 69.9 Å². The number of aliphatic hydroxyl groups excluding tert-OH is 1. The highest BCUT2D eigenvalue weighted by atomic mass is 32.2. The van der Waals surface area contributed by atoms with Gasteiger partial charge in [-0.2, -0.15) is 0 Å². The molecule has 3 aliphatic rings. The Labute approximate surface area is 797 Å². The Kier molecular flexibility index (Phi) is 39.3. The van der Waals surface area contributed by atoms with E-state index < -0.39 is 227 Å². The average Bonchev–Trinajstić information content (AvgIpc) is 1.55. The SMILES string of the molecule is C=C(O)[C@@H]1NC(=O)[C@H](Cc2c[nH]c3ccccc23)NC(=O)[C@@H]2CC[C@H](C)N2C(=O)[C@H](CC(C)C)NC(=O)[C@H](Cc2cnc[nH]2)NC(=O)[C@@H]2CCCN2C(=O)[C@H](CC(N)=O)NC(=O)[C@H](C)N(C)C(=O)[C@H](Cc2ccc(O)cc2)NC(=O)CSCC(C(=O)NCC(N)=O)NC(=O)[C@H](CCCNC(=N)N)NC(=O)[C@H](CCCC)N(C)C(=O)[C@H](CCCC)N(C)C(=O)[C@H](Cc2c[nH]c3ccccc23)NC1=O. The Morgan fingerprint density at radius 3 is 1.71 bits per heavy atom. The van der Waals surface area contributed by atoms with Crippen LogP contribution in [0.4, 0.5) is 0 Å². The van der Waals surface area contributed by atoms with Gasteiger partial charge < -0.3 is 125 Å². The van der Waals surface area contributed by atoms with Crippen LogP contribution in [0, 0.1) is 11.3 Å². The molecular weight excluding hydrogens is 1790 g/mol. The number of amides is 17. The Bertz CT molecular complexity index is 5340. The van der Waals surface area contributed by atoms with Gasteiger partial charge >= 0.3 is 0 Å². The minimum Gasteiger partial charge on any atom is -0.510 e. The van der Waals surface area contributed by atoms with Crippen LogP contribution >= 0.6 is 11.8 Å². The summed E-state index contributed by atoms with van der Waals surface area (Å²) < 4.78 is 0. The number of phenolic OH excluding ortho intramolecular Hbond substituents is 1. The van der Waals surface area contributed by atoms with E-state index in [1.807, 2.05) is 13.8 Å². The number of phenols is 1. The third-order valence-electron chi connectivity index (χ3n) is 24.7. The molecular formula is C93H130N24O19S. The number of guanidine groups is 1. The number of aromatic hydroxyl groups is 1. The van der Waals surface area contributed by atoms with Crippen LogP contribution in [-0.2, 0) is 107 Å². The average molecular weight is 1920 g/mol. The summed E-state index contributed by atoms with van der Waals surface area (Å²) in [5, 5.41) is 60.2. The van der Waals surface area contributed by atoms with Crippen molar-refractivity contribution in [3.63, 3.8) is 0 Å². The number of likely N-dealkylation sites (N-methyl/N-ethyl adjacent to an activating group) is 3. The minimum absolute atomic E-state index is 0.000913. The molecule has 15 atom stereocenters. The molecule has 137 heavy (non-hydrogen) atoms. The van der Waals surface area contributed by atoms with E-state index in [0.717, 1.165) is 31.4 Å². The predicted molar refractivity (Wildman–Crippen MR) is 508 cm³/mol. The number of thioether (sulfide) groups is 1. The number of aliphatic hydroxyl groups is 1. The molecule has 23 N–H and O–H groups in total. The first-order valence-electron chi connectivity index (χ1n) is 46.1. The Balaban J connectivity index is 1.11. The van der Waals surface area contributed by atoms with Gasteiger partial charge in [0.1, 0.15) is 90.1 Å². The van der Waals surface area contributed by atoms with E-state index in [-0.39, 0.29) is 108 Å². The summed E-state index contributed by atoms with van der Waals surface area (Å²) in [4.78, 5) is 271. The highest BCUT2D eigenvalue weighted by molar-refractivity contribution is 8.00. The molecule has 3 saturated heterocycles. The third kappa shape index (κ3) is 29.5. The molecule has 43 nitrogen and oxygen atoms in total. The number of aromatic amines is 3. The molecule has 6 heterocycles. The van der Waals surface area contributed by atoms with E-state index in [2.05, 4.69) is 85.0 Å². The van der Waals surface area contributed by atoms with Gasteiger partial charge in [-0.3, -0.25) is 86.9 Å². The zero-order valence-corrected chi connectivity index (χ0v) is 79.4. The number of nitrogens with two attached hydrogens (primary N) is 3. The molecule has 17 amide bonds. The van der Waals surface area contributed by atoms with Gasteiger partial charge in [0, 0.05) is 118 Å². The Morgan fingerprint density at radius 1 is 0.555 bits per heavy atom. The normalized spacial score (nSPS) is 24.5. The summed E-state index contributed by atoms with van der Waals surface area (Å²) in [7, 11) is 3.91. The van der Waals surface area contributed by atoms with Gasteiger partial charge in [0.05, 0.1) is 25.0 Å². The number of nitrogens with zero attached hydrogens (tertiary/aromatic N) is 6. The zero-order valence-electron chi connectivity index (χ0n) is 78.6. The number of hydrogen-bond acceptors (Lipinski definition) is 22. The number of imidazole rings is 1. The Morgan fingerprint density at radius 2 is 1.11 bits per heavy atom. The van der Waals surface area contributed by atoms with Crippen LogP contribution in [0.5, 0.6) is 5.75 Å². The first-order valence-corrected chi connectivity index (χ1v) is 47.2. The van der Waals surface area contributed by atoms with Gasteiger partial charge in [0.15, 0.2) is 12.0 Å². The van der Waals surface area contributed by atoms with Crippen molar-refractivity contribution in [1.82, 2.24) is 103 Å². The van der Waals surface area contributed by atoms with Crippen LogP contribution in [0.25, 0.3) is 21.8 Å². The van der Waals surface area contributed by atoms with Gasteiger partial charge in [0.2, 0.25) is 94.5 Å². The lowest BCUT2D eigenvalue weighted by molar-refractivity contribution is -0.149. The predicted octanol–water partition coefficient (Wildman–Crippen LogP) is -0.432. The molecule has 3 fully saturated rings. The van der Waals surface area contributed by atoms with Crippen molar-refractivity contribution in [3.05, 3.63) is 132 Å². The minimum atomic E-state index is -2.08. The lowest BCUT2D eigenvalue weighted by Gasteiger charge is -2.36. The second-order valence-corrected chi connectivity index (χ2v) is 36.5. The largest absolute Gasteiger partial charge is 0.510 e. The summed E-state index contributed by atoms with van der Waals surface area (Å²) in [5.74, 6) is -18.6. The van der Waals surface area contributed by atoms with Crippen LogP contribution < -0.4 is 75.7 Å². The van der Waals surface area contributed by atoms with Crippen LogP contribution in [0.15, 0.2) is 110 Å². The number of fused-ring (bicyclic) bond motifs is 4. The fraction of sp³-hybridized carbons (Fsp3) is 0.516. The summed E-state index contributed by atoms with van der Waals surface area (Å²) in [6.07, 6.45) is 5.90. The highest BCUT2D eigenvalue weighted by Gasteiger charge is 2.47.